The highest BCUT2D eigenvalue weighted by Crippen LogP contribution is 2.32. The SMILES string of the molecule is CCOC(=O)C(C)(C(=O)OC(C)(C)C)c1ccc([N+](=O)[O-])nc1C. The molecule has 1 atom stereocenters. The molecule has 0 radical (unpaired) electrons. The highest BCUT2D eigenvalue weighted by atomic mass is 16.6. The van der Waals surface area contributed by atoms with E-state index in [-0.39, 0.29) is 23.7 Å². The van der Waals surface area contributed by atoms with Crippen molar-refractivity contribution in [3.63, 3.8) is 0 Å². The zero-order valence-electron chi connectivity index (χ0n) is 14.7. The summed E-state index contributed by atoms with van der Waals surface area (Å²) < 4.78 is 10.4. The number of nitrogens with zero attached hydrogens (tertiary/aromatic N) is 2. The molecule has 132 valence electrons. The van der Waals surface area contributed by atoms with Crippen LogP contribution in [0.2, 0.25) is 0 Å². The van der Waals surface area contributed by atoms with Crippen molar-refractivity contribution in [3.05, 3.63) is 33.5 Å². The number of aromatic nitrogens is 1. The minimum absolute atomic E-state index is 0.0800. The third kappa shape index (κ3) is 4.06. The second-order valence-corrected chi connectivity index (χ2v) is 6.41. The number of pyridine rings is 1. The van der Waals surface area contributed by atoms with E-state index in [1.54, 1.807) is 27.7 Å². The molecule has 8 nitrogen and oxygen atoms in total. The fraction of sp³-hybridized carbons (Fsp3) is 0.562. The molecule has 1 unspecified atom stereocenters. The lowest BCUT2D eigenvalue weighted by Gasteiger charge is -2.29. The summed E-state index contributed by atoms with van der Waals surface area (Å²) in [4.78, 5) is 39.2. The summed E-state index contributed by atoms with van der Waals surface area (Å²) >= 11 is 0. The quantitative estimate of drug-likeness (QED) is 0.351. The number of nitro groups is 1. The fourth-order valence-corrected chi connectivity index (χ4v) is 2.14. The topological polar surface area (TPSA) is 109 Å². The molecule has 0 spiro atoms. The molecular formula is C16H22N2O6. The van der Waals surface area contributed by atoms with Crippen LogP contribution in [-0.4, -0.2) is 34.1 Å². The normalized spacial score (nSPS) is 13.8. The van der Waals surface area contributed by atoms with Crippen LogP contribution in [0.15, 0.2) is 12.1 Å². The number of carbonyl (C=O) groups excluding carboxylic acids is 2. The van der Waals surface area contributed by atoms with Gasteiger partial charge in [-0.1, -0.05) is 0 Å². The molecule has 0 saturated heterocycles. The van der Waals surface area contributed by atoms with Crippen LogP contribution in [0.5, 0.6) is 0 Å². The summed E-state index contributed by atoms with van der Waals surface area (Å²) in [5.74, 6) is -1.96. The van der Waals surface area contributed by atoms with Crippen molar-refractivity contribution < 1.29 is 24.0 Å². The van der Waals surface area contributed by atoms with Gasteiger partial charge in [0.1, 0.15) is 5.60 Å². The average Bonchev–Trinajstić information content (AvgIpc) is 2.44. The van der Waals surface area contributed by atoms with E-state index in [0.29, 0.717) is 0 Å². The van der Waals surface area contributed by atoms with Crippen molar-refractivity contribution in [1.29, 1.82) is 0 Å². The lowest BCUT2D eigenvalue weighted by atomic mass is 9.81. The number of aryl methyl sites for hydroxylation is 1. The maximum absolute atomic E-state index is 12.7. The Kier molecular flexibility index (Phi) is 5.65. The molecule has 24 heavy (non-hydrogen) atoms. The molecule has 0 N–H and O–H groups in total. The first-order chi connectivity index (χ1) is 10.9. The Morgan fingerprint density at radius 1 is 1.21 bits per heavy atom. The van der Waals surface area contributed by atoms with Crippen molar-refractivity contribution in [2.75, 3.05) is 6.61 Å². The lowest BCUT2D eigenvalue weighted by molar-refractivity contribution is -0.389. The number of ether oxygens (including phenoxy) is 2. The Hall–Kier alpha value is -2.51. The number of esters is 2. The minimum atomic E-state index is -1.77. The standard InChI is InChI=1S/C16H22N2O6/c1-7-23-13(19)16(6,14(20)24-15(3,4)5)11-8-9-12(18(21)22)17-10(11)2/h8-9H,7H2,1-6H3. The summed E-state index contributed by atoms with van der Waals surface area (Å²) in [6.45, 7) is 9.59. The number of hydrogen-bond acceptors (Lipinski definition) is 7. The van der Waals surface area contributed by atoms with E-state index in [1.807, 2.05) is 0 Å². The van der Waals surface area contributed by atoms with Crippen LogP contribution in [0.1, 0.15) is 45.9 Å². The van der Waals surface area contributed by atoms with Gasteiger partial charge in [0, 0.05) is 18.6 Å². The van der Waals surface area contributed by atoms with Gasteiger partial charge in [0.05, 0.1) is 6.61 Å². The Bertz CT molecular complexity index is 665. The van der Waals surface area contributed by atoms with Crippen LogP contribution < -0.4 is 0 Å². The first kappa shape index (κ1) is 19.5. The second-order valence-electron chi connectivity index (χ2n) is 6.41. The van der Waals surface area contributed by atoms with E-state index in [4.69, 9.17) is 9.47 Å². The molecule has 1 rings (SSSR count). The van der Waals surface area contributed by atoms with Crippen molar-refractivity contribution >= 4 is 17.8 Å². The zero-order valence-corrected chi connectivity index (χ0v) is 14.7. The highest BCUT2D eigenvalue weighted by molar-refractivity contribution is 6.06. The van der Waals surface area contributed by atoms with E-state index in [0.717, 1.165) is 6.07 Å². The molecule has 0 amide bonds. The molecule has 0 aliphatic carbocycles. The van der Waals surface area contributed by atoms with Crippen LogP contribution in [0.25, 0.3) is 0 Å². The largest absolute Gasteiger partial charge is 0.465 e. The van der Waals surface area contributed by atoms with Crippen molar-refractivity contribution in [3.8, 4) is 0 Å². The van der Waals surface area contributed by atoms with Gasteiger partial charge >= 0.3 is 17.8 Å². The molecule has 1 aromatic heterocycles. The molecule has 0 aliphatic heterocycles. The number of carbonyl (C=O) groups is 2. The predicted octanol–water partition coefficient (Wildman–Crippen LogP) is 2.46. The van der Waals surface area contributed by atoms with Crippen LogP contribution in [0, 0.1) is 17.0 Å². The predicted molar refractivity (Wildman–Crippen MR) is 85.5 cm³/mol. The van der Waals surface area contributed by atoms with E-state index in [9.17, 15) is 19.7 Å². The minimum Gasteiger partial charge on any atom is -0.465 e. The molecule has 1 aromatic rings. The Morgan fingerprint density at radius 2 is 1.79 bits per heavy atom. The molecule has 0 aromatic carbocycles. The van der Waals surface area contributed by atoms with Gasteiger partial charge in [-0.25, -0.2) is 0 Å². The number of rotatable bonds is 5. The summed E-state index contributed by atoms with van der Waals surface area (Å²) in [6, 6.07) is 2.48. The molecular weight excluding hydrogens is 316 g/mol. The molecule has 0 bridgehead atoms. The third-order valence-corrected chi connectivity index (χ3v) is 3.29. The maximum atomic E-state index is 12.7. The number of hydrogen-bond donors (Lipinski definition) is 0. The second kappa shape index (κ2) is 6.94. The summed E-state index contributed by atoms with van der Waals surface area (Å²) in [6.07, 6.45) is 0. The van der Waals surface area contributed by atoms with E-state index >= 15 is 0 Å². The smallest absolute Gasteiger partial charge is 0.363 e. The van der Waals surface area contributed by atoms with Crippen LogP contribution >= 0.6 is 0 Å². The van der Waals surface area contributed by atoms with Gasteiger partial charge in [-0.05, 0) is 50.6 Å². The molecule has 0 aliphatic rings. The van der Waals surface area contributed by atoms with Gasteiger partial charge < -0.3 is 19.6 Å². The Morgan fingerprint density at radius 3 is 2.21 bits per heavy atom. The van der Waals surface area contributed by atoms with E-state index in [1.165, 1.54) is 19.9 Å². The highest BCUT2D eigenvalue weighted by Gasteiger charge is 2.49. The van der Waals surface area contributed by atoms with Crippen LogP contribution in [-0.2, 0) is 24.5 Å². The van der Waals surface area contributed by atoms with Gasteiger partial charge in [-0.15, -0.1) is 0 Å². The molecule has 0 saturated carbocycles. The van der Waals surface area contributed by atoms with Crippen LogP contribution in [0.4, 0.5) is 5.82 Å². The van der Waals surface area contributed by atoms with Crippen molar-refractivity contribution in [2.24, 2.45) is 0 Å². The zero-order chi connectivity index (χ0) is 18.7. The van der Waals surface area contributed by atoms with Crippen LogP contribution in [0.3, 0.4) is 0 Å². The van der Waals surface area contributed by atoms with Gasteiger partial charge in [0.2, 0.25) is 0 Å². The summed E-state index contributed by atoms with van der Waals surface area (Å²) in [5, 5.41) is 10.8. The van der Waals surface area contributed by atoms with Crippen molar-refractivity contribution in [1.82, 2.24) is 4.98 Å². The monoisotopic (exact) mass is 338 g/mol. The first-order valence-electron chi connectivity index (χ1n) is 7.46. The van der Waals surface area contributed by atoms with Gasteiger partial charge in [0.25, 0.3) is 0 Å². The van der Waals surface area contributed by atoms with Gasteiger partial charge in [-0.2, -0.15) is 0 Å². The van der Waals surface area contributed by atoms with Crippen molar-refractivity contribution in [2.45, 2.75) is 52.6 Å². The fourth-order valence-electron chi connectivity index (χ4n) is 2.14. The first-order valence-corrected chi connectivity index (χ1v) is 7.46. The van der Waals surface area contributed by atoms with E-state index < -0.39 is 27.9 Å². The molecule has 8 heteroatoms. The summed E-state index contributed by atoms with van der Waals surface area (Å²) in [7, 11) is 0. The molecule has 1 heterocycles. The Balaban J connectivity index is 3.46. The third-order valence-electron chi connectivity index (χ3n) is 3.29. The maximum Gasteiger partial charge on any atom is 0.363 e. The summed E-state index contributed by atoms with van der Waals surface area (Å²) in [5.41, 5.74) is -2.19. The Labute approximate surface area is 140 Å². The molecule has 0 fully saturated rings. The van der Waals surface area contributed by atoms with E-state index in [2.05, 4.69) is 4.98 Å². The van der Waals surface area contributed by atoms with Gasteiger partial charge in [0.15, 0.2) is 11.1 Å². The lowest BCUT2D eigenvalue weighted by Crippen LogP contribution is -2.46. The average molecular weight is 338 g/mol. The van der Waals surface area contributed by atoms with Gasteiger partial charge in [-0.3, -0.25) is 9.59 Å².